The molecule has 1 heterocycles. The monoisotopic (exact) mass is 498 g/mol. The second-order valence-corrected chi connectivity index (χ2v) is 8.85. The number of methoxy groups -OCH3 is 1. The Balaban J connectivity index is 1.31. The normalized spacial score (nSPS) is 11.1. The largest absolute Gasteiger partial charge is 0.493 e. The molecule has 0 atom stereocenters. The first kappa shape index (κ1) is 25.6. The van der Waals surface area contributed by atoms with Crippen molar-refractivity contribution in [1.82, 2.24) is 25.6 Å². The highest BCUT2D eigenvalue weighted by molar-refractivity contribution is 5.95. The lowest BCUT2D eigenvalue weighted by molar-refractivity contribution is 0.0955. The van der Waals surface area contributed by atoms with Crippen LogP contribution >= 0.6 is 0 Å². The van der Waals surface area contributed by atoms with Crippen molar-refractivity contribution >= 4 is 12.1 Å². The van der Waals surface area contributed by atoms with Gasteiger partial charge in [0, 0.05) is 11.1 Å². The lowest BCUT2D eigenvalue weighted by Gasteiger charge is -2.12. The summed E-state index contributed by atoms with van der Waals surface area (Å²) in [4.78, 5) is 14.0. The third-order valence-electron chi connectivity index (χ3n) is 5.55. The lowest BCUT2D eigenvalue weighted by atomic mass is 10.1. The summed E-state index contributed by atoms with van der Waals surface area (Å²) >= 11 is 0. The predicted octanol–water partition coefficient (Wildman–Crippen LogP) is 4.59. The van der Waals surface area contributed by atoms with Crippen LogP contribution in [0.1, 0.15) is 41.8 Å². The van der Waals surface area contributed by atoms with E-state index in [2.05, 4.69) is 39.8 Å². The number of amides is 1. The smallest absolute Gasteiger partial charge is 0.271 e. The van der Waals surface area contributed by atoms with Gasteiger partial charge >= 0.3 is 0 Å². The molecule has 3 aromatic carbocycles. The molecule has 0 unspecified atom stereocenters. The number of nitrogens with one attached hydrogen (secondary N) is 1. The fraction of sp³-hybridized carbons (Fsp3) is 0.250. The zero-order valence-electron chi connectivity index (χ0n) is 21.2. The minimum atomic E-state index is -0.311. The van der Waals surface area contributed by atoms with Crippen molar-refractivity contribution in [2.45, 2.75) is 26.8 Å². The second-order valence-electron chi connectivity index (χ2n) is 8.85. The average Bonchev–Trinajstić information content (AvgIpc) is 3.38. The van der Waals surface area contributed by atoms with Crippen LogP contribution < -0.4 is 14.9 Å². The van der Waals surface area contributed by atoms with E-state index < -0.39 is 0 Å². The van der Waals surface area contributed by atoms with Crippen LogP contribution in [0.5, 0.6) is 11.5 Å². The molecular weight excluding hydrogens is 468 g/mol. The first-order valence-corrected chi connectivity index (χ1v) is 12.1. The van der Waals surface area contributed by atoms with Crippen molar-refractivity contribution in [2.24, 2.45) is 11.0 Å². The third-order valence-corrected chi connectivity index (χ3v) is 5.55. The SMILES string of the molecule is COc1cc(C=NNC(=O)c2ccc(Cn3nnc(-c4ccccc4)n3)cc2)ccc1OCCC(C)C. The highest BCUT2D eigenvalue weighted by Gasteiger charge is 2.09. The number of tetrazole rings is 1. The Hall–Kier alpha value is -4.53. The summed E-state index contributed by atoms with van der Waals surface area (Å²) in [5.41, 5.74) is 5.67. The zero-order valence-corrected chi connectivity index (χ0v) is 21.2. The molecule has 0 spiro atoms. The van der Waals surface area contributed by atoms with Crippen molar-refractivity contribution in [2.75, 3.05) is 13.7 Å². The maximum absolute atomic E-state index is 12.5. The summed E-state index contributed by atoms with van der Waals surface area (Å²) in [7, 11) is 1.60. The Morgan fingerprint density at radius 3 is 2.57 bits per heavy atom. The van der Waals surface area contributed by atoms with Gasteiger partial charge < -0.3 is 9.47 Å². The predicted molar refractivity (Wildman–Crippen MR) is 142 cm³/mol. The number of nitrogens with zero attached hydrogens (tertiary/aromatic N) is 5. The van der Waals surface area contributed by atoms with E-state index in [0.29, 0.717) is 42.0 Å². The minimum Gasteiger partial charge on any atom is -0.493 e. The van der Waals surface area contributed by atoms with Gasteiger partial charge in [0.15, 0.2) is 11.5 Å². The van der Waals surface area contributed by atoms with Crippen LogP contribution in [0.3, 0.4) is 0 Å². The summed E-state index contributed by atoms with van der Waals surface area (Å²) in [6.45, 7) is 5.38. The van der Waals surface area contributed by atoms with E-state index in [4.69, 9.17) is 9.47 Å². The number of hydrogen-bond acceptors (Lipinski definition) is 7. The maximum Gasteiger partial charge on any atom is 0.271 e. The molecule has 0 saturated heterocycles. The van der Waals surface area contributed by atoms with E-state index in [1.54, 1.807) is 25.5 Å². The van der Waals surface area contributed by atoms with E-state index >= 15 is 0 Å². The Kier molecular flexibility index (Phi) is 8.59. The molecule has 190 valence electrons. The number of hydrogen-bond donors (Lipinski definition) is 1. The molecule has 9 nitrogen and oxygen atoms in total. The molecule has 4 rings (SSSR count). The minimum absolute atomic E-state index is 0.311. The molecule has 0 radical (unpaired) electrons. The molecule has 0 bridgehead atoms. The van der Waals surface area contributed by atoms with Crippen molar-refractivity contribution < 1.29 is 14.3 Å². The number of carbonyl (C=O) groups is 1. The van der Waals surface area contributed by atoms with Gasteiger partial charge in [-0.1, -0.05) is 56.3 Å². The Morgan fingerprint density at radius 2 is 1.84 bits per heavy atom. The highest BCUT2D eigenvalue weighted by atomic mass is 16.5. The zero-order chi connectivity index (χ0) is 26.0. The quantitative estimate of drug-likeness (QED) is 0.240. The topological polar surface area (TPSA) is 104 Å². The molecule has 1 N–H and O–H groups in total. The fourth-order valence-corrected chi connectivity index (χ4v) is 3.46. The Morgan fingerprint density at radius 1 is 1.05 bits per heavy atom. The second kappa shape index (κ2) is 12.4. The number of aromatic nitrogens is 4. The van der Waals surface area contributed by atoms with Crippen LogP contribution in [-0.4, -0.2) is 46.0 Å². The summed E-state index contributed by atoms with van der Waals surface area (Å²) in [5.74, 6) is 2.12. The molecule has 1 aromatic heterocycles. The lowest BCUT2D eigenvalue weighted by Crippen LogP contribution is -2.17. The van der Waals surface area contributed by atoms with E-state index in [1.165, 1.54) is 4.80 Å². The van der Waals surface area contributed by atoms with E-state index in [1.807, 2.05) is 60.7 Å². The average molecular weight is 499 g/mol. The summed E-state index contributed by atoms with van der Waals surface area (Å²) < 4.78 is 11.2. The molecule has 0 aliphatic rings. The highest BCUT2D eigenvalue weighted by Crippen LogP contribution is 2.28. The van der Waals surface area contributed by atoms with Crippen LogP contribution in [0.2, 0.25) is 0 Å². The maximum atomic E-state index is 12.5. The molecule has 0 saturated carbocycles. The van der Waals surface area contributed by atoms with E-state index in [9.17, 15) is 4.79 Å². The van der Waals surface area contributed by atoms with Crippen LogP contribution in [-0.2, 0) is 6.54 Å². The third kappa shape index (κ3) is 7.23. The van der Waals surface area contributed by atoms with Gasteiger partial charge in [-0.3, -0.25) is 4.79 Å². The Bertz CT molecular complexity index is 1330. The van der Waals surface area contributed by atoms with Gasteiger partial charge in [-0.25, -0.2) is 5.43 Å². The number of benzene rings is 3. The first-order valence-electron chi connectivity index (χ1n) is 12.1. The molecule has 37 heavy (non-hydrogen) atoms. The number of rotatable bonds is 11. The van der Waals surface area contributed by atoms with Gasteiger partial charge in [0.25, 0.3) is 5.91 Å². The molecular formula is C28H30N6O3. The molecule has 0 aliphatic heterocycles. The van der Waals surface area contributed by atoms with Crippen LogP contribution in [0.25, 0.3) is 11.4 Å². The first-order chi connectivity index (χ1) is 18.0. The number of hydrazone groups is 1. The summed E-state index contributed by atoms with van der Waals surface area (Å²) in [5, 5.41) is 16.7. The van der Waals surface area contributed by atoms with Gasteiger partial charge in [0.2, 0.25) is 5.82 Å². The van der Waals surface area contributed by atoms with Crippen molar-refractivity contribution in [3.8, 4) is 22.9 Å². The van der Waals surface area contributed by atoms with E-state index in [-0.39, 0.29) is 5.91 Å². The molecule has 0 aliphatic carbocycles. The molecule has 0 fully saturated rings. The molecule has 4 aromatic rings. The van der Waals surface area contributed by atoms with Crippen LogP contribution in [0.4, 0.5) is 0 Å². The van der Waals surface area contributed by atoms with Crippen molar-refractivity contribution in [1.29, 1.82) is 0 Å². The van der Waals surface area contributed by atoms with Crippen LogP contribution in [0.15, 0.2) is 77.9 Å². The molecule has 1 amide bonds. The van der Waals surface area contributed by atoms with Gasteiger partial charge in [-0.05, 0) is 59.0 Å². The van der Waals surface area contributed by atoms with Gasteiger partial charge in [0.1, 0.15) is 0 Å². The van der Waals surface area contributed by atoms with Gasteiger partial charge in [-0.2, -0.15) is 9.90 Å². The summed E-state index contributed by atoms with van der Waals surface area (Å²) in [6, 6.07) is 22.4. The molecule has 9 heteroatoms. The number of ether oxygens (including phenoxy) is 2. The van der Waals surface area contributed by atoms with Crippen molar-refractivity contribution in [3.63, 3.8) is 0 Å². The summed E-state index contributed by atoms with van der Waals surface area (Å²) in [6.07, 6.45) is 2.53. The van der Waals surface area contributed by atoms with Crippen LogP contribution in [0, 0.1) is 5.92 Å². The van der Waals surface area contributed by atoms with E-state index in [0.717, 1.165) is 23.1 Å². The Labute approximate surface area is 216 Å². The standard InChI is InChI=1S/C28H30N6O3/c1-20(2)15-16-37-25-14-11-22(17-26(25)36-3)18-29-31-28(35)24-12-9-21(10-13-24)19-34-32-27(30-33-34)23-7-5-4-6-8-23/h4-14,17-18,20H,15-16,19H2,1-3H3,(H,31,35). The fourth-order valence-electron chi connectivity index (χ4n) is 3.46. The number of carbonyl (C=O) groups excluding carboxylic acids is 1. The van der Waals surface area contributed by atoms with Gasteiger partial charge in [-0.15, -0.1) is 10.2 Å². The van der Waals surface area contributed by atoms with Crippen molar-refractivity contribution in [3.05, 3.63) is 89.5 Å². The van der Waals surface area contributed by atoms with Gasteiger partial charge in [0.05, 0.1) is 26.5 Å².